The van der Waals surface area contributed by atoms with Crippen LogP contribution in [-0.4, -0.2) is 29.4 Å². The summed E-state index contributed by atoms with van der Waals surface area (Å²) in [4.78, 5) is 25.5. The molecule has 2 amide bonds. The third-order valence-corrected chi connectivity index (χ3v) is 4.80. The van der Waals surface area contributed by atoms with Crippen LogP contribution in [-0.2, 0) is 22.6 Å². The average Bonchev–Trinajstić information content (AvgIpc) is 2.71. The first-order valence-electron chi connectivity index (χ1n) is 11.2. The normalized spacial score (nSPS) is 13.3. The fourth-order valence-electron chi connectivity index (χ4n) is 3.26. The van der Waals surface area contributed by atoms with Gasteiger partial charge in [-0.3, -0.25) is 9.59 Å². The summed E-state index contributed by atoms with van der Waals surface area (Å²) < 4.78 is 5.83. The van der Waals surface area contributed by atoms with E-state index in [9.17, 15) is 9.59 Å². The van der Waals surface area contributed by atoms with Crippen molar-refractivity contribution in [1.82, 2.24) is 10.6 Å². The Balaban J connectivity index is 2.05. The highest BCUT2D eigenvalue weighted by Gasteiger charge is 2.27. The number of ether oxygens (including phenoxy) is 1. The second-order valence-electron chi connectivity index (χ2n) is 9.66. The van der Waals surface area contributed by atoms with Gasteiger partial charge < -0.3 is 21.1 Å². The Morgan fingerprint density at radius 3 is 2.12 bits per heavy atom. The van der Waals surface area contributed by atoms with Crippen molar-refractivity contribution >= 4 is 11.8 Å². The van der Waals surface area contributed by atoms with Gasteiger partial charge in [0.1, 0.15) is 18.4 Å². The molecule has 0 aliphatic heterocycles. The van der Waals surface area contributed by atoms with Crippen LogP contribution >= 0.6 is 0 Å². The highest BCUT2D eigenvalue weighted by Crippen LogP contribution is 2.16. The van der Waals surface area contributed by atoms with Crippen molar-refractivity contribution in [3.05, 3.63) is 65.7 Å². The lowest BCUT2D eigenvalue weighted by atomic mass is 10.0. The molecule has 6 nitrogen and oxygen atoms in total. The molecule has 174 valence electrons. The molecule has 0 saturated heterocycles. The zero-order chi connectivity index (χ0) is 23.7. The lowest BCUT2D eigenvalue weighted by molar-refractivity contribution is -0.130. The molecule has 0 spiro atoms. The minimum absolute atomic E-state index is 0.230. The molecule has 2 unspecified atom stereocenters. The number of hydrogen-bond donors (Lipinski definition) is 3. The van der Waals surface area contributed by atoms with Crippen LogP contribution in [0.1, 0.15) is 52.2 Å². The number of nitrogens with one attached hydrogen (secondary N) is 2. The van der Waals surface area contributed by atoms with E-state index >= 15 is 0 Å². The molecule has 0 saturated carbocycles. The fourth-order valence-corrected chi connectivity index (χ4v) is 3.26. The number of carbonyl (C=O) groups is 2. The van der Waals surface area contributed by atoms with Crippen molar-refractivity contribution in [2.24, 2.45) is 11.7 Å². The predicted octanol–water partition coefficient (Wildman–Crippen LogP) is 3.58. The first-order chi connectivity index (χ1) is 15.0. The number of rotatable bonds is 10. The second-order valence-corrected chi connectivity index (χ2v) is 9.66. The van der Waals surface area contributed by atoms with E-state index in [0.717, 1.165) is 16.9 Å². The molecule has 4 N–H and O–H groups in total. The predicted molar refractivity (Wildman–Crippen MR) is 128 cm³/mol. The summed E-state index contributed by atoms with van der Waals surface area (Å²) in [6.45, 7) is 10.2. The largest absolute Gasteiger partial charge is 0.489 e. The van der Waals surface area contributed by atoms with Gasteiger partial charge in [-0.1, -0.05) is 56.3 Å². The van der Waals surface area contributed by atoms with Crippen LogP contribution < -0.4 is 21.1 Å². The maximum absolute atomic E-state index is 12.9. The summed E-state index contributed by atoms with van der Waals surface area (Å²) in [5.74, 6) is 0.500. The SMILES string of the molecule is CC(C)CC(N)C(=O)NC(Cc1ccc(OCc2ccccc2)cc1)C(=O)NC(C)(C)C. The Hall–Kier alpha value is -2.86. The molecule has 0 radical (unpaired) electrons. The summed E-state index contributed by atoms with van der Waals surface area (Å²) in [6, 6.07) is 16.2. The molecule has 0 heterocycles. The molecular weight excluding hydrogens is 402 g/mol. The fraction of sp³-hybridized carbons (Fsp3) is 0.462. The molecule has 2 atom stereocenters. The van der Waals surface area contributed by atoms with Gasteiger partial charge in [0.15, 0.2) is 0 Å². The molecule has 0 aliphatic carbocycles. The molecule has 2 aromatic carbocycles. The van der Waals surface area contributed by atoms with Gasteiger partial charge in [-0.2, -0.15) is 0 Å². The number of nitrogens with two attached hydrogens (primary N) is 1. The molecular formula is C26H37N3O3. The van der Waals surface area contributed by atoms with Crippen LogP contribution in [0.3, 0.4) is 0 Å². The summed E-state index contributed by atoms with van der Waals surface area (Å²) in [6.07, 6.45) is 0.925. The van der Waals surface area contributed by atoms with Crippen molar-refractivity contribution in [2.45, 2.75) is 71.7 Å². The molecule has 6 heteroatoms. The van der Waals surface area contributed by atoms with E-state index in [1.54, 1.807) is 0 Å². The lowest BCUT2D eigenvalue weighted by Gasteiger charge is -2.26. The van der Waals surface area contributed by atoms with Crippen LogP contribution in [0, 0.1) is 5.92 Å². The van der Waals surface area contributed by atoms with Crippen molar-refractivity contribution in [2.75, 3.05) is 0 Å². The first kappa shape index (κ1) is 25.4. The Morgan fingerprint density at radius 1 is 0.938 bits per heavy atom. The number of benzene rings is 2. The van der Waals surface area contributed by atoms with E-state index in [2.05, 4.69) is 10.6 Å². The van der Waals surface area contributed by atoms with Crippen LogP contribution in [0.5, 0.6) is 5.75 Å². The molecule has 0 aliphatic rings. The lowest BCUT2D eigenvalue weighted by Crippen LogP contribution is -2.55. The molecule has 0 fully saturated rings. The summed E-state index contributed by atoms with van der Waals surface area (Å²) >= 11 is 0. The third-order valence-electron chi connectivity index (χ3n) is 4.80. The quantitative estimate of drug-likeness (QED) is 0.527. The zero-order valence-corrected chi connectivity index (χ0v) is 19.9. The van der Waals surface area contributed by atoms with Crippen LogP contribution in [0.15, 0.2) is 54.6 Å². The van der Waals surface area contributed by atoms with Crippen molar-refractivity contribution in [3.63, 3.8) is 0 Å². The standard InChI is InChI=1S/C26H37N3O3/c1-18(2)15-22(27)24(30)28-23(25(31)29-26(3,4)5)16-19-11-13-21(14-12-19)32-17-20-9-7-6-8-10-20/h6-14,18,22-23H,15-17,27H2,1-5H3,(H,28,30)(H,29,31). The second kappa shape index (κ2) is 11.7. The smallest absolute Gasteiger partial charge is 0.243 e. The van der Waals surface area contributed by atoms with Crippen molar-refractivity contribution in [3.8, 4) is 5.75 Å². The van der Waals surface area contributed by atoms with Crippen LogP contribution in [0.2, 0.25) is 0 Å². The summed E-state index contributed by atoms with van der Waals surface area (Å²) in [5.41, 5.74) is 7.63. The maximum Gasteiger partial charge on any atom is 0.243 e. The van der Waals surface area contributed by atoms with Crippen molar-refractivity contribution in [1.29, 1.82) is 0 Å². The van der Waals surface area contributed by atoms with E-state index in [1.807, 2.05) is 89.2 Å². The van der Waals surface area contributed by atoms with Gasteiger partial charge in [0.2, 0.25) is 11.8 Å². The molecule has 32 heavy (non-hydrogen) atoms. The van der Waals surface area contributed by atoms with Gasteiger partial charge in [-0.15, -0.1) is 0 Å². The van der Waals surface area contributed by atoms with Crippen LogP contribution in [0.25, 0.3) is 0 Å². The van der Waals surface area contributed by atoms with E-state index in [-0.39, 0.29) is 11.8 Å². The van der Waals surface area contributed by atoms with E-state index in [4.69, 9.17) is 10.5 Å². The van der Waals surface area contributed by atoms with Gasteiger partial charge in [-0.25, -0.2) is 0 Å². The van der Waals surface area contributed by atoms with Crippen LogP contribution in [0.4, 0.5) is 0 Å². The Kier molecular flexibility index (Phi) is 9.27. The molecule has 2 aromatic rings. The Morgan fingerprint density at radius 2 is 1.56 bits per heavy atom. The third kappa shape index (κ3) is 9.10. The monoisotopic (exact) mass is 439 g/mol. The maximum atomic E-state index is 12.9. The highest BCUT2D eigenvalue weighted by atomic mass is 16.5. The number of amides is 2. The summed E-state index contributed by atoms with van der Waals surface area (Å²) in [5, 5.41) is 5.80. The zero-order valence-electron chi connectivity index (χ0n) is 19.9. The van der Waals surface area contributed by atoms with Gasteiger partial charge in [-0.05, 0) is 56.4 Å². The van der Waals surface area contributed by atoms with Gasteiger partial charge >= 0.3 is 0 Å². The van der Waals surface area contributed by atoms with Gasteiger partial charge in [0, 0.05) is 12.0 Å². The average molecular weight is 440 g/mol. The van der Waals surface area contributed by atoms with E-state index < -0.39 is 17.6 Å². The van der Waals surface area contributed by atoms with Crippen molar-refractivity contribution < 1.29 is 14.3 Å². The van der Waals surface area contributed by atoms with E-state index in [0.29, 0.717) is 25.4 Å². The summed E-state index contributed by atoms with van der Waals surface area (Å²) in [7, 11) is 0. The Bertz CT molecular complexity index is 858. The highest BCUT2D eigenvalue weighted by molar-refractivity contribution is 5.90. The van der Waals surface area contributed by atoms with Gasteiger partial charge in [0.25, 0.3) is 0 Å². The minimum Gasteiger partial charge on any atom is -0.489 e. The topological polar surface area (TPSA) is 93.5 Å². The number of carbonyl (C=O) groups excluding carboxylic acids is 2. The Labute approximate surface area is 191 Å². The molecule has 2 rings (SSSR count). The molecule has 0 aromatic heterocycles. The minimum atomic E-state index is -0.712. The molecule has 0 bridgehead atoms. The first-order valence-corrected chi connectivity index (χ1v) is 11.2. The number of hydrogen-bond acceptors (Lipinski definition) is 4. The van der Waals surface area contributed by atoms with Gasteiger partial charge in [0.05, 0.1) is 6.04 Å². The van der Waals surface area contributed by atoms with E-state index in [1.165, 1.54) is 0 Å².